The van der Waals surface area contributed by atoms with Crippen molar-refractivity contribution in [3.8, 4) is 0 Å². The number of likely N-dealkylation sites (N-methyl/N-ethyl adjacent to an activating group) is 3. The van der Waals surface area contributed by atoms with E-state index in [4.69, 9.17) is 50.7 Å². The SMILES string of the molecule is C[N+](C)(C)CCOCCN.C[N+](C)(C)CCOCCN.C[N+](C)(C)CCOCCN.O=P([O-])([O-])[O-]. The number of phosphoric acid groups is 1. The van der Waals surface area contributed by atoms with Crippen molar-refractivity contribution in [1.82, 2.24) is 0 Å². The zero-order valence-corrected chi connectivity index (χ0v) is 24.8. The van der Waals surface area contributed by atoms with Crippen LogP contribution < -0.4 is 31.9 Å². The van der Waals surface area contributed by atoms with E-state index in [0.717, 1.165) is 52.9 Å². The van der Waals surface area contributed by atoms with E-state index in [0.29, 0.717) is 39.5 Å². The molecule has 0 amide bonds. The van der Waals surface area contributed by atoms with Crippen molar-refractivity contribution < 1.29 is 46.9 Å². The maximum atomic E-state index is 8.55. The van der Waals surface area contributed by atoms with Crippen molar-refractivity contribution in [1.29, 1.82) is 0 Å². The fourth-order valence-electron chi connectivity index (χ4n) is 1.57. The van der Waals surface area contributed by atoms with Crippen LogP contribution in [0.2, 0.25) is 0 Å². The summed E-state index contributed by atoms with van der Waals surface area (Å²) in [5.74, 6) is 0. The van der Waals surface area contributed by atoms with Gasteiger partial charge in [0.25, 0.3) is 0 Å². The molecular weight excluding hydrogens is 479 g/mol. The molecule has 35 heavy (non-hydrogen) atoms. The summed E-state index contributed by atoms with van der Waals surface area (Å²) in [6, 6.07) is 0. The van der Waals surface area contributed by atoms with Gasteiger partial charge in [-0.05, 0) is 0 Å². The highest BCUT2D eigenvalue weighted by molar-refractivity contribution is 7.40. The topological polar surface area (TPSA) is 192 Å². The number of nitrogens with two attached hydrogens (primary N) is 3. The fourth-order valence-corrected chi connectivity index (χ4v) is 1.57. The number of hydrogen-bond donors (Lipinski definition) is 3. The van der Waals surface area contributed by atoms with E-state index >= 15 is 0 Å². The van der Waals surface area contributed by atoms with E-state index < -0.39 is 7.82 Å². The van der Waals surface area contributed by atoms with E-state index in [1.54, 1.807) is 0 Å². The number of hydrogen-bond acceptors (Lipinski definition) is 10. The summed E-state index contributed by atoms with van der Waals surface area (Å²) in [6.07, 6.45) is 0. The van der Waals surface area contributed by atoms with Crippen LogP contribution in [0.4, 0.5) is 0 Å². The molecule has 0 unspecified atom stereocenters. The summed E-state index contributed by atoms with van der Waals surface area (Å²) >= 11 is 0. The molecule has 0 rings (SSSR count). The summed E-state index contributed by atoms with van der Waals surface area (Å²) in [7, 11) is 13.9. The molecule has 0 radical (unpaired) electrons. The lowest BCUT2D eigenvalue weighted by molar-refractivity contribution is -0.870. The van der Waals surface area contributed by atoms with Crippen molar-refractivity contribution in [3.05, 3.63) is 0 Å². The van der Waals surface area contributed by atoms with Crippen LogP contribution in [-0.4, -0.2) is 156 Å². The highest BCUT2D eigenvalue weighted by Gasteiger charge is 2.06. The molecule has 0 saturated heterocycles. The molecule has 0 aromatic carbocycles. The van der Waals surface area contributed by atoms with Gasteiger partial charge in [-0.1, -0.05) is 0 Å². The Labute approximate surface area is 214 Å². The Kier molecular flexibility index (Phi) is 28.8. The molecule has 0 bridgehead atoms. The Morgan fingerprint density at radius 3 is 0.800 bits per heavy atom. The first kappa shape index (κ1) is 41.9. The monoisotopic (exact) mass is 536 g/mol. The normalized spacial score (nSPS) is 12.0. The molecule has 0 spiro atoms. The lowest BCUT2D eigenvalue weighted by atomic mass is 10.5. The number of nitrogens with zero attached hydrogens (tertiary/aromatic N) is 3. The molecule has 0 aliphatic rings. The smallest absolute Gasteiger partial charge is 0.102 e. The first-order valence-corrected chi connectivity index (χ1v) is 13.1. The Balaban J connectivity index is -0.000000188. The van der Waals surface area contributed by atoms with Crippen LogP contribution in [0.5, 0.6) is 0 Å². The minimum atomic E-state index is -5.39. The van der Waals surface area contributed by atoms with Gasteiger partial charge in [0.15, 0.2) is 0 Å². The summed E-state index contributed by atoms with van der Waals surface area (Å²) in [5.41, 5.74) is 15.7. The standard InChI is InChI=1S/3C7H19N2O.H3O4P/c3*1-9(2,3)5-7-10-6-4-8;1-5(2,3)4/h3*4-8H2,1-3H3;(H3,1,2,3,4)/q3*+1;/p-3. The molecule has 0 atom stereocenters. The Morgan fingerprint density at radius 1 is 0.514 bits per heavy atom. The van der Waals surface area contributed by atoms with Crippen molar-refractivity contribution in [2.24, 2.45) is 17.2 Å². The molecule has 6 N–H and O–H groups in total. The van der Waals surface area contributed by atoms with Crippen molar-refractivity contribution >= 4 is 7.82 Å². The van der Waals surface area contributed by atoms with E-state index in [1.165, 1.54) is 0 Å². The van der Waals surface area contributed by atoms with E-state index in [1.807, 2.05) is 0 Å². The molecule has 0 aromatic rings. The van der Waals surface area contributed by atoms with Gasteiger partial charge >= 0.3 is 0 Å². The molecule has 0 heterocycles. The van der Waals surface area contributed by atoms with Gasteiger partial charge in [-0.2, -0.15) is 7.82 Å². The maximum Gasteiger partial charge on any atom is 0.102 e. The van der Waals surface area contributed by atoms with Crippen LogP contribution in [0.25, 0.3) is 0 Å². The molecule has 13 nitrogen and oxygen atoms in total. The second-order valence-electron chi connectivity index (χ2n) is 10.7. The first-order chi connectivity index (χ1) is 15.7. The average Bonchev–Trinajstić information content (AvgIpc) is 2.64. The lowest BCUT2D eigenvalue weighted by Crippen LogP contribution is -2.37. The Morgan fingerprint density at radius 2 is 0.686 bits per heavy atom. The summed E-state index contributed by atoms with van der Waals surface area (Å²) in [5, 5.41) is 0. The largest absolute Gasteiger partial charge is 0.822 e. The second kappa shape index (κ2) is 24.1. The predicted molar refractivity (Wildman–Crippen MR) is 136 cm³/mol. The summed E-state index contributed by atoms with van der Waals surface area (Å²) in [4.78, 5) is 25.6. The van der Waals surface area contributed by atoms with E-state index in [-0.39, 0.29) is 0 Å². The molecule has 218 valence electrons. The van der Waals surface area contributed by atoms with Crippen LogP contribution in [-0.2, 0) is 18.8 Å². The van der Waals surface area contributed by atoms with E-state index in [2.05, 4.69) is 63.4 Å². The van der Waals surface area contributed by atoms with Gasteiger partial charge in [-0.3, -0.25) is 0 Å². The molecule has 0 aliphatic carbocycles. The second-order valence-corrected chi connectivity index (χ2v) is 11.6. The molecule has 14 heteroatoms. The minimum Gasteiger partial charge on any atom is -0.822 e. The fraction of sp³-hybridized carbons (Fsp3) is 1.00. The van der Waals surface area contributed by atoms with Crippen molar-refractivity contribution in [2.45, 2.75) is 0 Å². The van der Waals surface area contributed by atoms with Crippen molar-refractivity contribution in [2.75, 3.05) is 142 Å². The van der Waals surface area contributed by atoms with Crippen LogP contribution >= 0.6 is 7.82 Å². The number of rotatable bonds is 15. The van der Waals surface area contributed by atoms with Crippen LogP contribution in [0.1, 0.15) is 0 Å². The third-order valence-electron chi connectivity index (χ3n) is 3.51. The van der Waals surface area contributed by atoms with Crippen molar-refractivity contribution in [3.63, 3.8) is 0 Å². The molecule has 0 fully saturated rings. The van der Waals surface area contributed by atoms with Gasteiger partial charge in [0, 0.05) is 19.6 Å². The molecule has 0 aromatic heterocycles. The minimum absolute atomic E-state index is 0.622. The molecular formula is C21H57N6O7P. The predicted octanol–water partition coefficient (Wildman–Crippen LogP) is -3.82. The lowest BCUT2D eigenvalue weighted by Gasteiger charge is -2.36. The van der Waals surface area contributed by atoms with Gasteiger partial charge < -0.3 is 64.1 Å². The van der Waals surface area contributed by atoms with E-state index in [9.17, 15) is 0 Å². The van der Waals surface area contributed by atoms with Gasteiger partial charge in [0.2, 0.25) is 0 Å². The summed E-state index contributed by atoms with van der Waals surface area (Å²) in [6.45, 7) is 9.45. The van der Waals surface area contributed by atoms with Gasteiger partial charge in [-0.25, -0.2) is 0 Å². The van der Waals surface area contributed by atoms with Gasteiger partial charge in [0.05, 0.1) is 103 Å². The molecule has 0 aliphatic heterocycles. The number of ether oxygens (including phenoxy) is 3. The first-order valence-electron chi connectivity index (χ1n) is 11.7. The zero-order chi connectivity index (χ0) is 28.6. The van der Waals surface area contributed by atoms with Crippen LogP contribution in [0.3, 0.4) is 0 Å². The molecule has 0 saturated carbocycles. The zero-order valence-electron chi connectivity index (χ0n) is 23.9. The average molecular weight is 537 g/mol. The third-order valence-corrected chi connectivity index (χ3v) is 3.51. The maximum absolute atomic E-state index is 8.55. The highest BCUT2D eigenvalue weighted by atomic mass is 31.2. The Bertz CT molecular complexity index is 418. The quantitative estimate of drug-likeness (QED) is 0.106. The van der Waals surface area contributed by atoms with Gasteiger partial charge in [0.1, 0.15) is 19.6 Å². The van der Waals surface area contributed by atoms with Crippen LogP contribution in [0, 0.1) is 0 Å². The highest BCUT2D eigenvalue weighted by Crippen LogP contribution is 2.03. The van der Waals surface area contributed by atoms with Gasteiger partial charge in [-0.15, -0.1) is 0 Å². The third kappa shape index (κ3) is 79.0. The number of quaternary nitrogens is 3. The van der Waals surface area contributed by atoms with Crippen LogP contribution in [0.15, 0.2) is 0 Å². The Hall–Kier alpha value is -0.250. The summed E-state index contributed by atoms with van der Waals surface area (Å²) < 4.78 is 27.1.